The largest absolute Gasteiger partial charge is 0.475 e. The van der Waals surface area contributed by atoms with E-state index < -0.39 is 10.0 Å². The molecule has 0 fully saturated rings. The molecular weight excluding hydrogens is 562 g/mol. The topological polar surface area (TPSA) is 114 Å². The maximum atomic E-state index is 14.2. The van der Waals surface area contributed by atoms with E-state index in [0.29, 0.717) is 17.8 Å². The third-order valence-corrected chi connectivity index (χ3v) is 8.66. The predicted octanol–water partition coefficient (Wildman–Crippen LogP) is 6.10. The van der Waals surface area contributed by atoms with Crippen molar-refractivity contribution in [3.63, 3.8) is 0 Å². The first-order valence-corrected chi connectivity index (χ1v) is 15.7. The first kappa shape index (κ1) is 30.2. The number of anilines is 1. The fraction of sp³-hybridized carbons (Fsp3) is 0.333. The van der Waals surface area contributed by atoms with E-state index in [0.717, 1.165) is 22.3 Å². The Balaban J connectivity index is 1.68. The van der Waals surface area contributed by atoms with E-state index in [1.807, 2.05) is 51.1 Å². The lowest BCUT2D eigenvalue weighted by molar-refractivity contribution is 0.0509. The molecule has 0 spiro atoms. The molecule has 0 aliphatic carbocycles. The van der Waals surface area contributed by atoms with Gasteiger partial charge in [-0.05, 0) is 73.6 Å². The molecule has 1 N–H and O–H groups in total. The second kappa shape index (κ2) is 11.8. The fourth-order valence-corrected chi connectivity index (χ4v) is 6.30. The van der Waals surface area contributed by atoms with Crippen LogP contribution in [0.15, 0.2) is 71.8 Å². The fourth-order valence-electron chi connectivity index (χ4n) is 5.31. The van der Waals surface area contributed by atoms with Crippen LogP contribution in [-0.2, 0) is 16.6 Å². The summed E-state index contributed by atoms with van der Waals surface area (Å²) in [5.74, 6) is -0.221. The molecule has 43 heavy (non-hydrogen) atoms. The van der Waals surface area contributed by atoms with Crippen LogP contribution >= 0.6 is 0 Å². The lowest BCUT2D eigenvalue weighted by atomic mass is 9.87. The molecule has 0 saturated carbocycles. The Hall–Kier alpha value is -4.31. The first-order valence-electron chi connectivity index (χ1n) is 14.2. The summed E-state index contributed by atoms with van der Waals surface area (Å²) < 4.78 is 35.9. The van der Waals surface area contributed by atoms with Gasteiger partial charge >= 0.3 is 0 Å². The number of ether oxygens (including phenoxy) is 1. The van der Waals surface area contributed by atoms with Gasteiger partial charge in [0.15, 0.2) is 0 Å². The van der Waals surface area contributed by atoms with Gasteiger partial charge in [0.05, 0.1) is 28.9 Å². The van der Waals surface area contributed by atoms with Crippen LogP contribution in [0.4, 0.5) is 5.95 Å². The summed E-state index contributed by atoms with van der Waals surface area (Å²) in [6.45, 7) is 12.6. The van der Waals surface area contributed by atoms with Crippen molar-refractivity contribution in [3.8, 4) is 17.1 Å². The van der Waals surface area contributed by atoms with E-state index in [1.165, 1.54) is 12.1 Å². The van der Waals surface area contributed by atoms with Gasteiger partial charge in [-0.2, -0.15) is 4.98 Å². The van der Waals surface area contributed by atoms with Crippen molar-refractivity contribution in [3.05, 3.63) is 94.8 Å². The van der Waals surface area contributed by atoms with Crippen LogP contribution in [0.3, 0.4) is 0 Å². The molecule has 5 rings (SSSR count). The molecule has 224 valence electrons. The highest BCUT2D eigenvalue weighted by molar-refractivity contribution is 7.92. The Morgan fingerprint density at radius 3 is 2.37 bits per heavy atom. The number of nitrogens with zero attached hydrogens (tertiary/aromatic N) is 4. The van der Waals surface area contributed by atoms with Gasteiger partial charge in [0.25, 0.3) is 15.9 Å². The van der Waals surface area contributed by atoms with Gasteiger partial charge in [-0.1, -0.05) is 51.1 Å². The summed E-state index contributed by atoms with van der Waals surface area (Å²) in [4.78, 5) is 29.4. The number of nitrogens with one attached hydrogen (secondary N) is 1. The summed E-state index contributed by atoms with van der Waals surface area (Å²) in [5, 5.41) is 0. The molecule has 1 aliphatic rings. The van der Waals surface area contributed by atoms with Crippen molar-refractivity contribution in [1.29, 1.82) is 0 Å². The molecule has 2 aromatic heterocycles. The zero-order valence-electron chi connectivity index (χ0n) is 25.4. The van der Waals surface area contributed by atoms with E-state index in [9.17, 15) is 13.2 Å². The monoisotopic (exact) mass is 599 g/mol. The average molecular weight is 600 g/mol. The number of aryl methyl sites for hydroxylation is 3. The SMILES string of the molecule is Cc1ccc(CN2C(=O)c3cccc(c3)S(=O)(=O)Nc3nc(cc(-c4c(C)cccc4C)n3)OC[C@H]2CC(C)(C)C)nc1. The van der Waals surface area contributed by atoms with Gasteiger partial charge in [-0.3, -0.25) is 9.78 Å². The summed E-state index contributed by atoms with van der Waals surface area (Å²) in [6, 6.07) is 17.1. The third-order valence-electron chi connectivity index (χ3n) is 7.34. The minimum absolute atomic E-state index is 0.0677. The maximum Gasteiger partial charge on any atom is 0.264 e. The summed E-state index contributed by atoms with van der Waals surface area (Å²) in [5.41, 5.74) is 5.19. The van der Waals surface area contributed by atoms with Gasteiger partial charge < -0.3 is 9.64 Å². The molecule has 4 aromatic rings. The van der Waals surface area contributed by atoms with Gasteiger partial charge in [-0.25, -0.2) is 18.1 Å². The highest BCUT2D eigenvalue weighted by Crippen LogP contribution is 2.31. The number of carbonyl (C=O) groups is 1. The summed E-state index contributed by atoms with van der Waals surface area (Å²) in [6.07, 6.45) is 2.38. The molecule has 0 radical (unpaired) electrons. The molecule has 3 heterocycles. The van der Waals surface area contributed by atoms with Crippen molar-refractivity contribution in [1.82, 2.24) is 19.9 Å². The van der Waals surface area contributed by atoms with E-state index >= 15 is 0 Å². The Morgan fingerprint density at radius 2 is 1.70 bits per heavy atom. The van der Waals surface area contributed by atoms with Gasteiger partial charge in [0.1, 0.15) is 6.61 Å². The molecule has 1 atom stereocenters. The second-order valence-corrected chi connectivity index (χ2v) is 14.0. The molecule has 0 saturated heterocycles. The van der Waals surface area contributed by atoms with Crippen molar-refractivity contribution < 1.29 is 17.9 Å². The first-order chi connectivity index (χ1) is 20.3. The van der Waals surface area contributed by atoms with Crippen LogP contribution in [0.1, 0.15) is 59.9 Å². The Kier molecular flexibility index (Phi) is 8.25. The third kappa shape index (κ3) is 7.02. The summed E-state index contributed by atoms with van der Waals surface area (Å²) >= 11 is 0. The van der Waals surface area contributed by atoms with Crippen molar-refractivity contribution in [2.24, 2.45) is 5.41 Å². The molecule has 9 nitrogen and oxygen atoms in total. The van der Waals surface area contributed by atoms with Crippen LogP contribution < -0.4 is 9.46 Å². The quantitative estimate of drug-likeness (QED) is 0.301. The number of carbonyl (C=O) groups excluding carboxylic acids is 1. The van der Waals surface area contributed by atoms with E-state index in [1.54, 1.807) is 29.3 Å². The van der Waals surface area contributed by atoms with Crippen LogP contribution in [0.25, 0.3) is 11.3 Å². The number of aromatic nitrogens is 3. The average Bonchev–Trinajstić information content (AvgIpc) is 2.93. The lowest BCUT2D eigenvalue weighted by Gasteiger charge is -2.35. The van der Waals surface area contributed by atoms with Crippen molar-refractivity contribution in [2.45, 2.75) is 65.4 Å². The smallest absolute Gasteiger partial charge is 0.264 e. The number of hydrogen-bond acceptors (Lipinski definition) is 7. The van der Waals surface area contributed by atoms with Gasteiger partial charge in [0, 0.05) is 23.4 Å². The standard InChI is InChI=1S/C33H37N5O4S/c1-21-13-14-25(34-18-21)19-38-26(17-33(4,5)6)20-42-29-16-28(30-22(2)9-7-10-23(30)3)35-32(36-29)37-43(40,41)27-12-8-11-24(15-27)31(38)39/h7-16,18,26H,17,19-20H2,1-6H3,(H,35,36,37)/t26-/m1/s1. The van der Waals surface area contributed by atoms with Crippen molar-refractivity contribution >= 4 is 21.9 Å². The van der Waals surface area contributed by atoms with Crippen LogP contribution in [0.2, 0.25) is 0 Å². The minimum atomic E-state index is -4.14. The molecule has 4 bridgehead atoms. The molecule has 2 aromatic carbocycles. The molecule has 1 amide bonds. The van der Waals surface area contributed by atoms with Gasteiger partial charge in [-0.15, -0.1) is 0 Å². The summed E-state index contributed by atoms with van der Waals surface area (Å²) in [7, 11) is -4.14. The number of amides is 1. The van der Waals surface area contributed by atoms with Crippen LogP contribution in [0, 0.1) is 26.2 Å². The Bertz CT molecular complexity index is 1750. The van der Waals surface area contributed by atoms with Crippen LogP contribution in [0.5, 0.6) is 5.88 Å². The lowest BCUT2D eigenvalue weighted by Crippen LogP contribution is -2.45. The number of sulfonamides is 1. The molecular formula is C33H37N5O4S. The number of rotatable bonds is 4. The highest BCUT2D eigenvalue weighted by Gasteiger charge is 2.31. The number of fused-ring (bicyclic) bond motifs is 4. The zero-order valence-corrected chi connectivity index (χ0v) is 26.2. The molecule has 1 aliphatic heterocycles. The number of benzene rings is 2. The highest BCUT2D eigenvalue weighted by atomic mass is 32.2. The van der Waals surface area contributed by atoms with E-state index in [2.05, 4.69) is 40.4 Å². The predicted molar refractivity (Wildman–Crippen MR) is 166 cm³/mol. The normalized spacial score (nSPS) is 16.7. The Morgan fingerprint density at radius 1 is 0.977 bits per heavy atom. The van der Waals surface area contributed by atoms with Crippen LogP contribution in [-0.4, -0.2) is 46.8 Å². The zero-order chi connectivity index (χ0) is 30.9. The minimum Gasteiger partial charge on any atom is -0.475 e. The Labute approximate surface area is 253 Å². The molecule has 0 unspecified atom stereocenters. The van der Waals surface area contributed by atoms with Crippen molar-refractivity contribution in [2.75, 3.05) is 11.3 Å². The van der Waals surface area contributed by atoms with Gasteiger partial charge in [0.2, 0.25) is 11.8 Å². The van der Waals surface area contributed by atoms with E-state index in [-0.39, 0.29) is 52.8 Å². The number of hydrogen-bond donors (Lipinski definition) is 1. The maximum absolute atomic E-state index is 14.2. The number of pyridine rings is 1. The van der Waals surface area contributed by atoms with E-state index in [4.69, 9.17) is 4.74 Å². The second-order valence-electron chi connectivity index (χ2n) is 12.3. The molecule has 10 heteroatoms.